The molecule has 0 aliphatic rings. The van der Waals surface area contributed by atoms with E-state index in [9.17, 15) is 0 Å². The van der Waals surface area contributed by atoms with Crippen LogP contribution in [-0.2, 0) is 13.1 Å². The zero-order valence-electron chi connectivity index (χ0n) is 8.62. The summed E-state index contributed by atoms with van der Waals surface area (Å²) in [6.45, 7) is 8.21. The summed E-state index contributed by atoms with van der Waals surface area (Å²) < 4.78 is 1.95. The second-order valence-electron chi connectivity index (χ2n) is 3.48. The summed E-state index contributed by atoms with van der Waals surface area (Å²) in [5.41, 5.74) is 1.16. The van der Waals surface area contributed by atoms with E-state index in [1.54, 1.807) is 0 Å². The first-order valence-electron chi connectivity index (χ1n) is 4.84. The lowest BCUT2D eigenvalue weighted by atomic mass is 10.3. The fourth-order valence-electron chi connectivity index (χ4n) is 1.12. The molecule has 0 aliphatic carbocycles. The lowest BCUT2D eigenvalue weighted by Crippen LogP contribution is -2.23. The first kappa shape index (κ1) is 10.2. The molecule has 4 heteroatoms. The Labute approximate surface area is 79.3 Å². The third kappa shape index (κ3) is 3.14. The summed E-state index contributed by atoms with van der Waals surface area (Å²) >= 11 is 0. The second-order valence-corrected chi connectivity index (χ2v) is 3.48. The zero-order valence-corrected chi connectivity index (χ0v) is 8.62. The summed E-state index contributed by atoms with van der Waals surface area (Å²) in [6, 6.07) is 0.505. The lowest BCUT2D eigenvalue weighted by Gasteiger charge is -2.08. The molecule has 0 fully saturated rings. The Morgan fingerprint density at radius 3 is 2.92 bits per heavy atom. The number of aryl methyl sites for hydroxylation is 1. The topological polar surface area (TPSA) is 42.7 Å². The number of nitrogens with zero attached hydrogens (tertiary/aromatic N) is 3. The van der Waals surface area contributed by atoms with Crippen LogP contribution in [0.1, 0.15) is 32.9 Å². The Morgan fingerprint density at radius 1 is 1.54 bits per heavy atom. The fourth-order valence-corrected chi connectivity index (χ4v) is 1.12. The highest BCUT2D eigenvalue weighted by atomic mass is 15.4. The molecule has 0 radical (unpaired) electrons. The molecule has 0 aromatic carbocycles. The number of nitrogens with one attached hydrogen (secondary N) is 1. The van der Waals surface area contributed by atoms with Gasteiger partial charge in [0.15, 0.2) is 0 Å². The van der Waals surface area contributed by atoms with Gasteiger partial charge in [0, 0.05) is 19.1 Å². The highest BCUT2D eigenvalue weighted by Gasteiger charge is 2.02. The van der Waals surface area contributed by atoms with Crippen LogP contribution in [-0.4, -0.2) is 21.0 Å². The van der Waals surface area contributed by atoms with E-state index in [2.05, 4.69) is 36.4 Å². The van der Waals surface area contributed by atoms with Gasteiger partial charge < -0.3 is 5.32 Å². The van der Waals surface area contributed by atoms with Gasteiger partial charge >= 0.3 is 0 Å². The van der Waals surface area contributed by atoms with Crippen molar-refractivity contribution in [3.8, 4) is 0 Å². The predicted octanol–water partition coefficient (Wildman–Crippen LogP) is 1.19. The molecular weight excluding hydrogens is 164 g/mol. The van der Waals surface area contributed by atoms with Crippen LogP contribution in [0, 0.1) is 0 Å². The maximum atomic E-state index is 4.01. The molecule has 0 spiro atoms. The van der Waals surface area contributed by atoms with Crippen molar-refractivity contribution in [3.05, 3.63) is 11.9 Å². The first-order valence-corrected chi connectivity index (χ1v) is 4.84. The molecule has 74 valence electrons. The van der Waals surface area contributed by atoms with Gasteiger partial charge in [-0.1, -0.05) is 26.0 Å². The molecule has 0 saturated heterocycles. The minimum absolute atomic E-state index is 0.505. The van der Waals surface area contributed by atoms with E-state index in [-0.39, 0.29) is 0 Å². The lowest BCUT2D eigenvalue weighted by molar-refractivity contribution is 0.516. The van der Waals surface area contributed by atoms with Crippen LogP contribution in [0.5, 0.6) is 0 Å². The van der Waals surface area contributed by atoms with Crippen LogP contribution in [0.15, 0.2) is 6.20 Å². The van der Waals surface area contributed by atoms with Crippen molar-refractivity contribution in [2.75, 3.05) is 0 Å². The molecule has 1 heterocycles. The fraction of sp³-hybridized carbons (Fsp3) is 0.778. The van der Waals surface area contributed by atoms with Crippen molar-refractivity contribution in [2.45, 2.75) is 46.3 Å². The maximum Gasteiger partial charge on any atom is 0.0738 e. The molecule has 1 rings (SSSR count). The summed E-state index contributed by atoms with van der Waals surface area (Å²) in [5.74, 6) is 0. The van der Waals surface area contributed by atoms with Gasteiger partial charge in [0.2, 0.25) is 0 Å². The standard InChI is InChI=1S/C9H18N4/c1-4-5-13-9(7-11-12-13)6-10-8(2)3/h7-8,10H,4-6H2,1-3H3. The minimum atomic E-state index is 0.505. The molecule has 0 unspecified atom stereocenters. The number of rotatable bonds is 5. The van der Waals surface area contributed by atoms with E-state index in [4.69, 9.17) is 0 Å². The Balaban J connectivity index is 2.49. The predicted molar refractivity (Wildman–Crippen MR) is 52.3 cm³/mol. The van der Waals surface area contributed by atoms with Crippen LogP contribution in [0.2, 0.25) is 0 Å². The van der Waals surface area contributed by atoms with Gasteiger partial charge in [0.25, 0.3) is 0 Å². The number of hydrogen-bond acceptors (Lipinski definition) is 3. The number of aromatic nitrogens is 3. The number of hydrogen-bond donors (Lipinski definition) is 1. The van der Waals surface area contributed by atoms with Crippen molar-refractivity contribution in [3.63, 3.8) is 0 Å². The summed E-state index contributed by atoms with van der Waals surface area (Å²) in [7, 11) is 0. The summed E-state index contributed by atoms with van der Waals surface area (Å²) in [5, 5.41) is 11.2. The molecule has 1 aromatic rings. The van der Waals surface area contributed by atoms with Crippen molar-refractivity contribution >= 4 is 0 Å². The zero-order chi connectivity index (χ0) is 9.68. The maximum absolute atomic E-state index is 4.01. The highest BCUT2D eigenvalue weighted by Crippen LogP contribution is 1.97. The average molecular weight is 182 g/mol. The van der Waals surface area contributed by atoms with E-state index in [1.807, 2.05) is 10.9 Å². The molecule has 1 aromatic heterocycles. The van der Waals surface area contributed by atoms with Crippen molar-refractivity contribution in [2.24, 2.45) is 0 Å². The highest BCUT2D eigenvalue weighted by molar-refractivity contribution is 4.93. The van der Waals surface area contributed by atoms with Crippen LogP contribution >= 0.6 is 0 Å². The third-order valence-corrected chi connectivity index (χ3v) is 1.82. The molecule has 0 amide bonds. The van der Waals surface area contributed by atoms with Crippen LogP contribution in [0.3, 0.4) is 0 Å². The SMILES string of the molecule is CCCn1nncc1CNC(C)C. The van der Waals surface area contributed by atoms with Gasteiger partial charge in [0.05, 0.1) is 11.9 Å². The molecule has 0 atom stereocenters. The minimum Gasteiger partial charge on any atom is -0.309 e. The van der Waals surface area contributed by atoms with E-state index in [0.29, 0.717) is 6.04 Å². The van der Waals surface area contributed by atoms with Crippen molar-refractivity contribution < 1.29 is 0 Å². The van der Waals surface area contributed by atoms with Crippen molar-refractivity contribution in [1.82, 2.24) is 20.3 Å². The molecule has 0 bridgehead atoms. The van der Waals surface area contributed by atoms with Gasteiger partial charge in [-0.05, 0) is 6.42 Å². The monoisotopic (exact) mass is 182 g/mol. The Kier molecular flexibility index (Phi) is 3.89. The third-order valence-electron chi connectivity index (χ3n) is 1.82. The molecule has 4 nitrogen and oxygen atoms in total. The van der Waals surface area contributed by atoms with E-state index in [0.717, 1.165) is 25.2 Å². The van der Waals surface area contributed by atoms with Gasteiger partial charge in [0.1, 0.15) is 0 Å². The van der Waals surface area contributed by atoms with Crippen LogP contribution in [0.4, 0.5) is 0 Å². The summed E-state index contributed by atoms with van der Waals surface area (Å²) in [4.78, 5) is 0. The summed E-state index contributed by atoms with van der Waals surface area (Å²) in [6.07, 6.45) is 2.92. The average Bonchev–Trinajstić information content (AvgIpc) is 2.49. The van der Waals surface area contributed by atoms with E-state index in [1.165, 1.54) is 0 Å². The normalized spacial score (nSPS) is 11.1. The van der Waals surface area contributed by atoms with Crippen molar-refractivity contribution in [1.29, 1.82) is 0 Å². The quantitative estimate of drug-likeness (QED) is 0.743. The van der Waals surface area contributed by atoms with Gasteiger partial charge in [-0.15, -0.1) is 5.10 Å². The van der Waals surface area contributed by atoms with Gasteiger partial charge in [-0.3, -0.25) is 0 Å². The molecule has 1 N–H and O–H groups in total. The van der Waals surface area contributed by atoms with Gasteiger partial charge in [-0.25, -0.2) is 4.68 Å². The molecule has 0 aliphatic heterocycles. The van der Waals surface area contributed by atoms with Crippen LogP contribution < -0.4 is 5.32 Å². The van der Waals surface area contributed by atoms with Gasteiger partial charge in [-0.2, -0.15) is 0 Å². The Hall–Kier alpha value is -0.900. The van der Waals surface area contributed by atoms with Crippen LogP contribution in [0.25, 0.3) is 0 Å². The largest absolute Gasteiger partial charge is 0.309 e. The van der Waals surface area contributed by atoms with E-state index < -0.39 is 0 Å². The molecule has 0 saturated carbocycles. The second kappa shape index (κ2) is 4.97. The first-order chi connectivity index (χ1) is 6.24. The molecule has 13 heavy (non-hydrogen) atoms. The smallest absolute Gasteiger partial charge is 0.0738 e. The van der Waals surface area contributed by atoms with E-state index >= 15 is 0 Å². The Morgan fingerprint density at radius 2 is 2.31 bits per heavy atom. The molecular formula is C9H18N4. The Bertz CT molecular complexity index is 242.